The van der Waals surface area contributed by atoms with E-state index in [9.17, 15) is 13.2 Å². The molecule has 0 aliphatic carbocycles. The fourth-order valence-corrected chi connectivity index (χ4v) is 2.64. The van der Waals surface area contributed by atoms with Crippen molar-refractivity contribution in [1.82, 2.24) is 5.32 Å². The SMILES string of the molecule is Cc1cc(C(F)(F)F)ccc1CC1CCC(C)NC1. The van der Waals surface area contributed by atoms with Crippen LogP contribution in [0.4, 0.5) is 13.2 Å². The smallest absolute Gasteiger partial charge is 0.314 e. The van der Waals surface area contributed by atoms with E-state index in [1.54, 1.807) is 13.0 Å². The minimum Gasteiger partial charge on any atom is -0.314 e. The standard InChI is InChI=1S/C15H20F3N/c1-10-7-14(15(16,17)18)6-5-13(10)8-12-4-3-11(2)19-9-12/h5-7,11-12,19H,3-4,8-9H2,1-2H3. The van der Waals surface area contributed by atoms with Crippen molar-refractivity contribution in [2.24, 2.45) is 5.92 Å². The predicted octanol–water partition coefficient (Wildman–Crippen LogP) is 3.94. The summed E-state index contributed by atoms with van der Waals surface area (Å²) in [6.07, 6.45) is -1.09. The van der Waals surface area contributed by atoms with Gasteiger partial charge < -0.3 is 5.32 Å². The third-order valence-electron chi connectivity index (χ3n) is 3.94. The van der Waals surface area contributed by atoms with Gasteiger partial charge in [-0.05, 0) is 68.8 Å². The van der Waals surface area contributed by atoms with Crippen LogP contribution in [0.1, 0.15) is 36.5 Å². The van der Waals surface area contributed by atoms with Gasteiger partial charge in [-0.15, -0.1) is 0 Å². The molecule has 0 spiro atoms. The number of hydrogen-bond donors (Lipinski definition) is 1. The lowest BCUT2D eigenvalue weighted by Gasteiger charge is -2.28. The third-order valence-corrected chi connectivity index (χ3v) is 3.94. The molecule has 0 saturated carbocycles. The average Bonchev–Trinajstić information content (AvgIpc) is 2.33. The van der Waals surface area contributed by atoms with E-state index < -0.39 is 11.7 Å². The second-order valence-electron chi connectivity index (χ2n) is 5.60. The molecule has 1 N–H and O–H groups in total. The fourth-order valence-electron chi connectivity index (χ4n) is 2.64. The summed E-state index contributed by atoms with van der Waals surface area (Å²) >= 11 is 0. The molecule has 2 atom stereocenters. The summed E-state index contributed by atoms with van der Waals surface area (Å²) in [6, 6.07) is 4.65. The van der Waals surface area contributed by atoms with Crippen LogP contribution in [0.3, 0.4) is 0 Å². The summed E-state index contributed by atoms with van der Waals surface area (Å²) in [4.78, 5) is 0. The van der Waals surface area contributed by atoms with Crippen molar-refractivity contribution < 1.29 is 13.2 Å². The molecule has 1 aliphatic heterocycles. The van der Waals surface area contributed by atoms with E-state index in [0.717, 1.165) is 36.9 Å². The highest BCUT2D eigenvalue weighted by Gasteiger charge is 2.30. The minimum absolute atomic E-state index is 0.534. The lowest BCUT2D eigenvalue weighted by atomic mass is 9.88. The van der Waals surface area contributed by atoms with Crippen molar-refractivity contribution in [2.45, 2.75) is 45.3 Å². The summed E-state index contributed by atoms with van der Waals surface area (Å²) in [5.74, 6) is 0.534. The predicted molar refractivity (Wildman–Crippen MR) is 70.1 cm³/mol. The van der Waals surface area contributed by atoms with E-state index in [-0.39, 0.29) is 0 Å². The number of aryl methyl sites for hydroxylation is 1. The van der Waals surface area contributed by atoms with Gasteiger partial charge in [-0.3, -0.25) is 0 Å². The van der Waals surface area contributed by atoms with Gasteiger partial charge in [0.1, 0.15) is 0 Å². The van der Waals surface area contributed by atoms with Crippen LogP contribution in [0.25, 0.3) is 0 Å². The largest absolute Gasteiger partial charge is 0.416 e. The molecule has 4 heteroatoms. The molecule has 1 aromatic rings. The molecule has 2 rings (SSSR count). The van der Waals surface area contributed by atoms with Gasteiger partial charge in [-0.2, -0.15) is 13.2 Å². The Morgan fingerprint density at radius 1 is 1.26 bits per heavy atom. The Morgan fingerprint density at radius 2 is 2.00 bits per heavy atom. The lowest BCUT2D eigenvalue weighted by molar-refractivity contribution is -0.137. The Balaban J connectivity index is 2.05. The van der Waals surface area contributed by atoms with Crippen LogP contribution in [0, 0.1) is 12.8 Å². The van der Waals surface area contributed by atoms with E-state index >= 15 is 0 Å². The summed E-state index contributed by atoms with van der Waals surface area (Å²) in [6.45, 7) is 4.89. The molecule has 1 heterocycles. The Kier molecular flexibility index (Phi) is 4.19. The zero-order valence-electron chi connectivity index (χ0n) is 11.3. The second kappa shape index (κ2) is 5.53. The number of hydrogen-bond acceptors (Lipinski definition) is 1. The Hall–Kier alpha value is -1.03. The van der Waals surface area contributed by atoms with Gasteiger partial charge in [0.15, 0.2) is 0 Å². The second-order valence-corrected chi connectivity index (χ2v) is 5.60. The first-order chi connectivity index (χ1) is 8.86. The topological polar surface area (TPSA) is 12.0 Å². The van der Waals surface area contributed by atoms with Gasteiger partial charge in [-0.1, -0.05) is 6.07 Å². The Bertz CT molecular complexity index is 432. The van der Waals surface area contributed by atoms with Gasteiger partial charge in [0.25, 0.3) is 0 Å². The van der Waals surface area contributed by atoms with Gasteiger partial charge in [-0.25, -0.2) is 0 Å². The molecule has 19 heavy (non-hydrogen) atoms. The van der Waals surface area contributed by atoms with E-state index in [4.69, 9.17) is 0 Å². The summed E-state index contributed by atoms with van der Waals surface area (Å²) < 4.78 is 37.8. The molecule has 1 aliphatic rings. The van der Waals surface area contributed by atoms with Crippen molar-refractivity contribution in [3.8, 4) is 0 Å². The summed E-state index contributed by atoms with van der Waals surface area (Å²) in [7, 11) is 0. The average molecular weight is 271 g/mol. The molecule has 1 saturated heterocycles. The molecule has 106 valence electrons. The highest BCUT2D eigenvalue weighted by Crippen LogP contribution is 2.31. The van der Waals surface area contributed by atoms with Crippen LogP contribution in [0.2, 0.25) is 0 Å². The van der Waals surface area contributed by atoms with Crippen LogP contribution in [-0.4, -0.2) is 12.6 Å². The molecule has 0 amide bonds. The molecular formula is C15H20F3N. The van der Waals surface area contributed by atoms with Crippen LogP contribution < -0.4 is 5.32 Å². The highest BCUT2D eigenvalue weighted by molar-refractivity contribution is 5.32. The number of nitrogens with one attached hydrogen (secondary N) is 1. The van der Waals surface area contributed by atoms with E-state index in [0.29, 0.717) is 12.0 Å². The van der Waals surface area contributed by atoms with Crippen LogP contribution in [0.15, 0.2) is 18.2 Å². The molecule has 0 aromatic heterocycles. The summed E-state index contributed by atoms with van der Waals surface area (Å²) in [5, 5.41) is 3.43. The molecule has 0 radical (unpaired) electrons. The van der Waals surface area contributed by atoms with Crippen molar-refractivity contribution in [2.75, 3.05) is 6.54 Å². The van der Waals surface area contributed by atoms with Crippen molar-refractivity contribution in [3.05, 3.63) is 34.9 Å². The molecular weight excluding hydrogens is 251 g/mol. The maximum Gasteiger partial charge on any atom is 0.416 e. The maximum atomic E-state index is 12.6. The monoisotopic (exact) mass is 271 g/mol. The zero-order chi connectivity index (χ0) is 14.0. The molecule has 1 fully saturated rings. The van der Waals surface area contributed by atoms with Gasteiger partial charge >= 0.3 is 6.18 Å². The van der Waals surface area contributed by atoms with Crippen molar-refractivity contribution >= 4 is 0 Å². The fraction of sp³-hybridized carbons (Fsp3) is 0.600. The van der Waals surface area contributed by atoms with Gasteiger partial charge in [0.05, 0.1) is 5.56 Å². The molecule has 1 aromatic carbocycles. The molecule has 1 nitrogen and oxygen atoms in total. The van der Waals surface area contributed by atoms with Crippen molar-refractivity contribution in [3.63, 3.8) is 0 Å². The van der Waals surface area contributed by atoms with Crippen LogP contribution in [-0.2, 0) is 12.6 Å². The van der Waals surface area contributed by atoms with E-state index in [1.807, 2.05) is 0 Å². The maximum absolute atomic E-state index is 12.6. The number of benzene rings is 1. The van der Waals surface area contributed by atoms with E-state index in [1.165, 1.54) is 12.1 Å². The van der Waals surface area contributed by atoms with Gasteiger partial charge in [0, 0.05) is 6.04 Å². The lowest BCUT2D eigenvalue weighted by Crippen LogP contribution is -2.37. The van der Waals surface area contributed by atoms with E-state index in [2.05, 4.69) is 12.2 Å². The first kappa shape index (κ1) is 14.4. The Labute approximate surface area is 112 Å². The first-order valence-electron chi connectivity index (χ1n) is 6.76. The van der Waals surface area contributed by atoms with Crippen molar-refractivity contribution in [1.29, 1.82) is 0 Å². The Morgan fingerprint density at radius 3 is 2.53 bits per heavy atom. The third kappa shape index (κ3) is 3.72. The number of halogens is 3. The number of piperidine rings is 1. The summed E-state index contributed by atoms with van der Waals surface area (Å²) in [5.41, 5.74) is 1.23. The molecule has 0 bridgehead atoms. The van der Waals surface area contributed by atoms with Crippen LogP contribution in [0.5, 0.6) is 0 Å². The first-order valence-corrected chi connectivity index (χ1v) is 6.76. The minimum atomic E-state index is -4.24. The quantitative estimate of drug-likeness (QED) is 0.859. The number of alkyl halides is 3. The van der Waals surface area contributed by atoms with Crippen LogP contribution >= 0.6 is 0 Å². The number of rotatable bonds is 2. The zero-order valence-corrected chi connectivity index (χ0v) is 11.3. The molecule has 2 unspecified atom stereocenters. The normalized spacial score (nSPS) is 24.5. The van der Waals surface area contributed by atoms with Gasteiger partial charge in [0.2, 0.25) is 0 Å². The highest BCUT2D eigenvalue weighted by atomic mass is 19.4.